The first-order valence-corrected chi connectivity index (χ1v) is 5.50. The van der Waals surface area contributed by atoms with Crippen molar-refractivity contribution >= 4 is 11.8 Å². The summed E-state index contributed by atoms with van der Waals surface area (Å²) in [6.45, 7) is 1.40. The van der Waals surface area contributed by atoms with Crippen LogP contribution in [-0.2, 0) is 0 Å². The molecule has 0 saturated carbocycles. The van der Waals surface area contributed by atoms with Gasteiger partial charge in [0.05, 0.1) is 17.5 Å². The number of carboxylic acids is 1. The van der Waals surface area contributed by atoms with Gasteiger partial charge in [-0.15, -0.1) is 0 Å². The second kappa shape index (κ2) is 4.97. The molecular weight excluding hydrogens is 249 g/mol. The molecule has 4 nitrogen and oxygen atoms in total. The Morgan fingerprint density at radius 2 is 1.89 bits per heavy atom. The molecule has 0 bridgehead atoms. The number of hydrogen-bond donors (Lipinski definition) is 1. The van der Waals surface area contributed by atoms with Crippen LogP contribution >= 0.6 is 0 Å². The van der Waals surface area contributed by atoms with E-state index < -0.39 is 17.3 Å². The van der Waals surface area contributed by atoms with Gasteiger partial charge in [-0.05, 0) is 13.0 Å². The molecule has 0 aliphatic carbocycles. The van der Waals surface area contributed by atoms with E-state index >= 15 is 0 Å². The number of carboxylic acid groups (broad SMARTS) is 1. The third kappa shape index (κ3) is 2.49. The topological polar surface area (TPSA) is 67.3 Å². The average molecular weight is 259 g/mol. The van der Waals surface area contributed by atoms with E-state index in [-0.39, 0.29) is 11.5 Å². The number of hydrogen-bond acceptors (Lipinski definition) is 3. The molecular formula is C14H10FNO3. The van der Waals surface area contributed by atoms with Crippen LogP contribution in [0.25, 0.3) is 11.3 Å². The Morgan fingerprint density at radius 3 is 2.53 bits per heavy atom. The zero-order valence-corrected chi connectivity index (χ0v) is 10.1. The number of nitrogens with zero attached hydrogens (tertiary/aromatic N) is 1. The van der Waals surface area contributed by atoms with Crippen LogP contribution in [0.4, 0.5) is 4.39 Å². The zero-order chi connectivity index (χ0) is 14.0. The second-order valence-corrected chi connectivity index (χ2v) is 3.96. The average Bonchev–Trinajstić information content (AvgIpc) is 2.39. The maximum absolute atomic E-state index is 13.3. The molecule has 2 aromatic rings. The van der Waals surface area contributed by atoms with Gasteiger partial charge in [-0.1, -0.05) is 24.3 Å². The SMILES string of the molecule is CC(=O)c1ccccc1-c1cc(C(=O)O)c(F)cn1. The Morgan fingerprint density at radius 1 is 1.21 bits per heavy atom. The summed E-state index contributed by atoms with van der Waals surface area (Å²) in [5, 5.41) is 8.88. The van der Waals surface area contributed by atoms with Gasteiger partial charge in [0.15, 0.2) is 11.6 Å². The normalized spacial score (nSPS) is 10.2. The van der Waals surface area contributed by atoms with E-state index in [0.717, 1.165) is 12.3 Å². The first-order chi connectivity index (χ1) is 9.00. The summed E-state index contributed by atoms with van der Waals surface area (Å²) < 4.78 is 13.3. The molecule has 0 aliphatic heterocycles. The second-order valence-electron chi connectivity index (χ2n) is 3.96. The molecule has 0 fully saturated rings. The minimum atomic E-state index is -1.37. The van der Waals surface area contributed by atoms with Crippen LogP contribution < -0.4 is 0 Å². The molecule has 0 aliphatic rings. The van der Waals surface area contributed by atoms with E-state index in [1.54, 1.807) is 24.3 Å². The highest BCUT2D eigenvalue weighted by molar-refractivity contribution is 6.00. The largest absolute Gasteiger partial charge is 0.478 e. The van der Waals surface area contributed by atoms with Crippen LogP contribution in [0.3, 0.4) is 0 Å². The third-order valence-corrected chi connectivity index (χ3v) is 2.67. The van der Waals surface area contributed by atoms with Gasteiger partial charge in [0.2, 0.25) is 0 Å². The van der Waals surface area contributed by atoms with Crippen LogP contribution in [0.5, 0.6) is 0 Å². The van der Waals surface area contributed by atoms with Crippen molar-refractivity contribution in [1.82, 2.24) is 4.98 Å². The Bertz CT molecular complexity index is 667. The fourth-order valence-corrected chi connectivity index (χ4v) is 1.76. The van der Waals surface area contributed by atoms with E-state index in [4.69, 9.17) is 5.11 Å². The number of pyridine rings is 1. The van der Waals surface area contributed by atoms with Crippen molar-refractivity contribution in [3.63, 3.8) is 0 Å². The van der Waals surface area contributed by atoms with Crippen molar-refractivity contribution in [3.8, 4) is 11.3 Å². The number of benzene rings is 1. The maximum atomic E-state index is 13.3. The predicted octanol–water partition coefficient (Wildman–Crippen LogP) is 2.79. The van der Waals surface area contributed by atoms with Crippen LogP contribution in [0, 0.1) is 5.82 Å². The van der Waals surface area contributed by atoms with Gasteiger partial charge in [0.1, 0.15) is 0 Å². The van der Waals surface area contributed by atoms with Crippen molar-refractivity contribution in [3.05, 3.63) is 53.5 Å². The smallest absolute Gasteiger partial charge is 0.338 e. The fourth-order valence-electron chi connectivity index (χ4n) is 1.76. The molecule has 1 N–H and O–H groups in total. The molecule has 0 amide bonds. The van der Waals surface area contributed by atoms with Gasteiger partial charge < -0.3 is 5.11 Å². The van der Waals surface area contributed by atoms with E-state index in [2.05, 4.69) is 4.98 Å². The summed E-state index contributed by atoms with van der Waals surface area (Å²) in [7, 11) is 0. The maximum Gasteiger partial charge on any atom is 0.338 e. The van der Waals surface area contributed by atoms with Crippen molar-refractivity contribution < 1.29 is 19.1 Å². The van der Waals surface area contributed by atoms with Crippen LogP contribution in [0.2, 0.25) is 0 Å². The molecule has 19 heavy (non-hydrogen) atoms. The van der Waals surface area contributed by atoms with Gasteiger partial charge in [-0.2, -0.15) is 0 Å². The molecule has 1 aromatic heterocycles. The summed E-state index contributed by atoms with van der Waals surface area (Å²) in [6.07, 6.45) is 0.843. The summed E-state index contributed by atoms with van der Waals surface area (Å²) in [5.41, 5.74) is 0.684. The molecule has 0 spiro atoms. The molecule has 1 heterocycles. The number of rotatable bonds is 3. The summed E-state index contributed by atoms with van der Waals surface area (Å²) >= 11 is 0. The van der Waals surface area contributed by atoms with E-state index in [9.17, 15) is 14.0 Å². The summed E-state index contributed by atoms with van der Waals surface area (Å²) in [4.78, 5) is 26.2. The van der Waals surface area contributed by atoms with Crippen LogP contribution in [0.1, 0.15) is 27.6 Å². The molecule has 5 heteroatoms. The lowest BCUT2D eigenvalue weighted by Crippen LogP contribution is -2.03. The quantitative estimate of drug-likeness (QED) is 0.860. The van der Waals surface area contributed by atoms with Gasteiger partial charge in [-0.25, -0.2) is 9.18 Å². The first kappa shape index (κ1) is 12.9. The minimum Gasteiger partial charge on any atom is -0.478 e. The standard InChI is InChI=1S/C14H10FNO3/c1-8(17)9-4-2-3-5-10(9)13-6-11(14(18)19)12(15)7-16-13/h2-7H,1H3,(H,18,19). The van der Waals surface area contributed by atoms with Crippen molar-refractivity contribution in [1.29, 1.82) is 0 Å². The van der Waals surface area contributed by atoms with E-state index in [1.165, 1.54) is 6.92 Å². The van der Waals surface area contributed by atoms with Gasteiger partial charge >= 0.3 is 5.97 Å². The Kier molecular flexibility index (Phi) is 3.37. The van der Waals surface area contributed by atoms with Gasteiger partial charge in [0.25, 0.3) is 0 Å². The Hall–Kier alpha value is -2.56. The minimum absolute atomic E-state index is 0.168. The number of Topliss-reactive ketones (excluding diaryl/α,β-unsaturated/α-hetero) is 1. The van der Waals surface area contributed by atoms with E-state index in [1.807, 2.05) is 0 Å². The lowest BCUT2D eigenvalue weighted by atomic mass is 10.0. The number of halogens is 1. The zero-order valence-electron chi connectivity index (χ0n) is 10.1. The number of carbonyl (C=O) groups excluding carboxylic acids is 1. The predicted molar refractivity (Wildman–Crippen MR) is 66.6 cm³/mol. The highest BCUT2D eigenvalue weighted by Gasteiger charge is 2.15. The number of ketones is 1. The monoisotopic (exact) mass is 259 g/mol. The highest BCUT2D eigenvalue weighted by Crippen LogP contribution is 2.23. The van der Waals surface area contributed by atoms with Crippen molar-refractivity contribution in [2.24, 2.45) is 0 Å². The van der Waals surface area contributed by atoms with Gasteiger partial charge in [-0.3, -0.25) is 9.78 Å². The van der Waals surface area contributed by atoms with Crippen molar-refractivity contribution in [2.75, 3.05) is 0 Å². The molecule has 0 unspecified atom stereocenters. The number of aromatic nitrogens is 1. The summed E-state index contributed by atoms with van der Waals surface area (Å²) in [6, 6.07) is 7.78. The molecule has 0 saturated heterocycles. The molecule has 1 aromatic carbocycles. The molecule has 0 radical (unpaired) electrons. The molecule has 0 atom stereocenters. The highest BCUT2D eigenvalue weighted by atomic mass is 19.1. The van der Waals surface area contributed by atoms with E-state index in [0.29, 0.717) is 11.1 Å². The van der Waals surface area contributed by atoms with Crippen molar-refractivity contribution in [2.45, 2.75) is 6.92 Å². The first-order valence-electron chi connectivity index (χ1n) is 5.50. The molecule has 2 rings (SSSR count). The number of aromatic carboxylic acids is 1. The van der Waals surface area contributed by atoms with Gasteiger partial charge in [0, 0.05) is 11.1 Å². The third-order valence-electron chi connectivity index (χ3n) is 2.67. The molecule has 96 valence electrons. The Labute approximate surface area is 108 Å². The van der Waals surface area contributed by atoms with Crippen LogP contribution in [-0.4, -0.2) is 21.8 Å². The fraction of sp³-hybridized carbons (Fsp3) is 0.0714. The number of carbonyl (C=O) groups is 2. The lowest BCUT2D eigenvalue weighted by Gasteiger charge is -2.07. The lowest BCUT2D eigenvalue weighted by molar-refractivity contribution is 0.0691. The van der Waals surface area contributed by atoms with Crippen LogP contribution in [0.15, 0.2) is 36.5 Å². The Balaban J connectivity index is 2.63. The summed E-state index contributed by atoms with van der Waals surface area (Å²) in [5.74, 6) is -2.45.